The van der Waals surface area contributed by atoms with Gasteiger partial charge in [0.15, 0.2) is 0 Å². The summed E-state index contributed by atoms with van der Waals surface area (Å²) in [6, 6.07) is 71.7. The predicted octanol–water partition coefficient (Wildman–Crippen LogP) is 14.4. The highest BCUT2D eigenvalue weighted by Gasteiger charge is 2.17. The molecule has 0 N–H and O–H groups in total. The lowest BCUT2D eigenvalue weighted by molar-refractivity contribution is 0.669. The number of furan rings is 1. The van der Waals surface area contributed by atoms with Crippen LogP contribution in [0, 0.1) is 0 Å². The van der Waals surface area contributed by atoms with Gasteiger partial charge in [0.25, 0.3) is 0 Å². The lowest BCUT2D eigenvalue weighted by Crippen LogP contribution is -2.09. The van der Waals surface area contributed by atoms with Gasteiger partial charge in [-0.3, -0.25) is 0 Å². The Hall–Kier alpha value is -6.90. The van der Waals surface area contributed by atoms with Crippen molar-refractivity contribution in [3.8, 4) is 33.4 Å². The monoisotopic (exact) mass is 663 g/mol. The normalized spacial score (nSPS) is 11.5. The Morgan fingerprint density at radius 1 is 0.288 bits per heavy atom. The van der Waals surface area contributed by atoms with Gasteiger partial charge < -0.3 is 9.32 Å². The van der Waals surface area contributed by atoms with Gasteiger partial charge in [0.1, 0.15) is 11.2 Å². The summed E-state index contributed by atoms with van der Waals surface area (Å²) in [5, 5.41) is 7.22. The van der Waals surface area contributed by atoms with Crippen LogP contribution >= 0.6 is 0 Å². The summed E-state index contributed by atoms with van der Waals surface area (Å²) in [6.07, 6.45) is 0. The number of rotatable bonds is 6. The standard InChI is InChI=1S/C50H33NO/c1-2-11-34(12-3-1)39-31-38-14-5-7-17-45(38)48(32-39)37-23-27-41(28-24-37)51(42-29-30-47-46-18-8-9-20-49(46)52-50(47)33-42)40-25-21-36(22-26-40)44-19-10-15-35-13-4-6-16-43(35)44/h1-33H. The highest BCUT2D eigenvalue weighted by Crippen LogP contribution is 2.41. The molecule has 10 rings (SSSR count). The van der Waals surface area contributed by atoms with E-state index in [1.807, 2.05) is 12.1 Å². The molecule has 244 valence electrons. The lowest BCUT2D eigenvalue weighted by Gasteiger charge is -2.26. The first-order valence-corrected chi connectivity index (χ1v) is 17.8. The lowest BCUT2D eigenvalue weighted by atomic mass is 9.93. The topological polar surface area (TPSA) is 16.4 Å². The summed E-state index contributed by atoms with van der Waals surface area (Å²) in [5.74, 6) is 0. The van der Waals surface area contributed by atoms with E-state index in [1.165, 1.54) is 54.9 Å². The zero-order chi connectivity index (χ0) is 34.4. The van der Waals surface area contributed by atoms with Crippen LogP contribution in [0.25, 0.3) is 76.9 Å². The van der Waals surface area contributed by atoms with E-state index in [0.29, 0.717) is 0 Å². The highest BCUT2D eigenvalue weighted by molar-refractivity contribution is 6.06. The Morgan fingerprint density at radius 3 is 1.60 bits per heavy atom. The fourth-order valence-corrected chi connectivity index (χ4v) is 7.70. The summed E-state index contributed by atoms with van der Waals surface area (Å²) < 4.78 is 6.37. The molecule has 0 fully saturated rings. The number of nitrogens with zero attached hydrogens (tertiary/aromatic N) is 1. The number of hydrogen-bond acceptors (Lipinski definition) is 2. The molecule has 1 aromatic heterocycles. The van der Waals surface area contributed by atoms with E-state index in [2.05, 4.69) is 193 Å². The minimum absolute atomic E-state index is 0.872. The SMILES string of the molecule is c1ccc(-c2cc(-c3ccc(N(c4ccc(-c5cccc6ccccc56)cc4)c4ccc5c(c4)oc4ccccc45)cc3)c3ccccc3c2)cc1. The van der Waals surface area contributed by atoms with Crippen LogP contribution in [0.4, 0.5) is 17.1 Å². The average Bonchev–Trinajstić information content (AvgIpc) is 3.59. The number of hydrogen-bond donors (Lipinski definition) is 0. The molecule has 9 aromatic carbocycles. The second-order valence-electron chi connectivity index (χ2n) is 13.3. The third kappa shape index (κ3) is 5.21. The molecule has 2 nitrogen and oxygen atoms in total. The predicted molar refractivity (Wildman–Crippen MR) is 220 cm³/mol. The van der Waals surface area contributed by atoms with Gasteiger partial charge in [-0.25, -0.2) is 0 Å². The molecule has 0 amide bonds. The quantitative estimate of drug-likeness (QED) is 0.176. The molecule has 0 bridgehead atoms. The van der Waals surface area contributed by atoms with Crippen molar-refractivity contribution in [3.63, 3.8) is 0 Å². The van der Waals surface area contributed by atoms with E-state index in [0.717, 1.165) is 39.0 Å². The maximum atomic E-state index is 6.37. The molecule has 0 radical (unpaired) electrons. The molecule has 0 saturated heterocycles. The van der Waals surface area contributed by atoms with Crippen LogP contribution in [0.15, 0.2) is 205 Å². The average molecular weight is 664 g/mol. The van der Waals surface area contributed by atoms with Gasteiger partial charge in [0.2, 0.25) is 0 Å². The number of fused-ring (bicyclic) bond motifs is 5. The molecule has 0 atom stereocenters. The molecule has 0 spiro atoms. The molecule has 2 heteroatoms. The van der Waals surface area contributed by atoms with Gasteiger partial charge in [0, 0.05) is 33.9 Å². The Labute approximate surface area is 302 Å². The Bertz CT molecular complexity index is 2880. The first kappa shape index (κ1) is 30.0. The van der Waals surface area contributed by atoms with Crippen LogP contribution in [-0.4, -0.2) is 0 Å². The van der Waals surface area contributed by atoms with Crippen LogP contribution in [0.1, 0.15) is 0 Å². The summed E-state index contributed by atoms with van der Waals surface area (Å²) >= 11 is 0. The van der Waals surface area contributed by atoms with E-state index in [-0.39, 0.29) is 0 Å². The molecule has 0 unspecified atom stereocenters. The molecule has 52 heavy (non-hydrogen) atoms. The van der Waals surface area contributed by atoms with Crippen LogP contribution < -0.4 is 4.90 Å². The van der Waals surface area contributed by atoms with Gasteiger partial charge in [-0.05, 0) is 110 Å². The third-order valence-corrected chi connectivity index (χ3v) is 10.3. The van der Waals surface area contributed by atoms with Crippen LogP contribution in [-0.2, 0) is 0 Å². The van der Waals surface area contributed by atoms with Crippen molar-refractivity contribution >= 4 is 60.5 Å². The summed E-state index contributed by atoms with van der Waals surface area (Å²) in [4.78, 5) is 2.32. The fraction of sp³-hybridized carbons (Fsp3) is 0. The second-order valence-corrected chi connectivity index (χ2v) is 13.3. The second kappa shape index (κ2) is 12.5. The smallest absolute Gasteiger partial charge is 0.137 e. The largest absolute Gasteiger partial charge is 0.456 e. The van der Waals surface area contributed by atoms with Gasteiger partial charge in [0.05, 0.1) is 0 Å². The molecule has 0 aliphatic heterocycles. The van der Waals surface area contributed by atoms with E-state index in [1.54, 1.807) is 0 Å². The van der Waals surface area contributed by atoms with Crippen LogP contribution in [0.5, 0.6) is 0 Å². The van der Waals surface area contributed by atoms with Crippen molar-refractivity contribution in [2.75, 3.05) is 4.90 Å². The molecule has 0 aliphatic rings. The van der Waals surface area contributed by atoms with Gasteiger partial charge in [-0.15, -0.1) is 0 Å². The zero-order valence-electron chi connectivity index (χ0n) is 28.4. The zero-order valence-corrected chi connectivity index (χ0v) is 28.4. The van der Waals surface area contributed by atoms with Crippen molar-refractivity contribution in [2.24, 2.45) is 0 Å². The summed E-state index contributed by atoms with van der Waals surface area (Å²) in [5.41, 5.74) is 12.2. The van der Waals surface area contributed by atoms with Crippen molar-refractivity contribution in [1.29, 1.82) is 0 Å². The van der Waals surface area contributed by atoms with Gasteiger partial charge in [-0.1, -0.05) is 140 Å². The Morgan fingerprint density at radius 2 is 0.846 bits per heavy atom. The fourth-order valence-electron chi connectivity index (χ4n) is 7.70. The Balaban J connectivity index is 1.10. The molecule has 10 aromatic rings. The molecular formula is C50H33NO. The Kier molecular flexibility index (Phi) is 7.18. The van der Waals surface area contributed by atoms with Crippen molar-refractivity contribution in [1.82, 2.24) is 0 Å². The van der Waals surface area contributed by atoms with Crippen LogP contribution in [0.3, 0.4) is 0 Å². The molecule has 0 aliphatic carbocycles. The molecular weight excluding hydrogens is 631 g/mol. The molecule has 0 saturated carbocycles. The van der Waals surface area contributed by atoms with E-state index in [4.69, 9.17) is 4.42 Å². The first-order valence-electron chi connectivity index (χ1n) is 17.8. The third-order valence-electron chi connectivity index (χ3n) is 10.3. The van der Waals surface area contributed by atoms with Gasteiger partial charge >= 0.3 is 0 Å². The van der Waals surface area contributed by atoms with Crippen molar-refractivity contribution < 1.29 is 4.42 Å². The number of benzene rings is 9. The number of anilines is 3. The van der Waals surface area contributed by atoms with E-state index >= 15 is 0 Å². The summed E-state index contributed by atoms with van der Waals surface area (Å²) in [6.45, 7) is 0. The van der Waals surface area contributed by atoms with Gasteiger partial charge in [-0.2, -0.15) is 0 Å². The summed E-state index contributed by atoms with van der Waals surface area (Å²) in [7, 11) is 0. The maximum absolute atomic E-state index is 6.37. The van der Waals surface area contributed by atoms with Crippen molar-refractivity contribution in [3.05, 3.63) is 200 Å². The minimum Gasteiger partial charge on any atom is -0.456 e. The number of para-hydroxylation sites is 1. The molecule has 1 heterocycles. The van der Waals surface area contributed by atoms with Crippen LogP contribution in [0.2, 0.25) is 0 Å². The first-order chi connectivity index (χ1) is 25.8. The van der Waals surface area contributed by atoms with E-state index < -0.39 is 0 Å². The highest BCUT2D eigenvalue weighted by atomic mass is 16.3. The van der Waals surface area contributed by atoms with E-state index in [9.17, 15) is 0 Å². The minimum atomic E-state index is 0.872. The van der Waals surface area contributed by atoms with Crippen molar-refractivity contribution in [2.45, 2.75) is 0 Å². The maximum Gasteiger partial charge on any atom is 0.137 e.